The zero-order valence-electron chi connectivity index (χ0n) is 17.7. The van der Waals surface area contributed by atoms with Crippen molar-refractivity contribution in [2.24, 2.45) is 0 Å². The van der Waals surface area contributed by atoms with Gasteiger partial charge in [-0.1, -0.05) is 12.1 Å². The summed E-state index contributed by atoms with van der Waals surface area (Å²) in [5.41, 5.74) is -1.91. The number of nitrogens with one attached hydrogen (secondary N) is 1. The van der Waals surface area contributed by atoms with Crippen LogP contribution in [0.25, 0.3) is 0 Å². The van der Waals surface area contributed by atoms with Gasteiger partial charge in [-0.05, 0) is 56.2 Å². The molecule has 1 amide bonds. The summed E-state index contributed by atoms with van der Waals surface area (Å²) in [7, 11) is 1.03. The molecule has 0 heterocycles. The number of alkyl carbamates (subject to hydrolysis) is 1. The second kappa shape index (κ2) is 9.54. The van der Waals surface area contributed by atoms with Crippen molar-refractivity contribution < 1.29 is 41.0 Å². The minimum Gasteiger partial charge on any atom is -0.467 e. The van der Waals surface area contributed by atoms with Crippen LogP contribution in [0.4, 0.5) is 26.7 Å². The molecule has 0 aromatic heterocycles. The lowest BCUT2D eigenvalue weighted by molar-refractivity contribution is -0.143. The van der Waals surface area contributed by atoms with Gasteiger partial charge in [0.05, 0.1) is 12.7 Å². The van der Waals surface area contributed by atoms with E-state index < -0.39 is 53.0 Å². The quantitative estimate of drug-likeness (QED) is 0.494. The van der Waals surface area contributed by atoms with E-state index in [1.807, 2.05) is 0 Å². The number of alkyl halides is 3. The maximum atomic E-state index is 13.9. The first kappa shape index (κ1) is 25.1. The molecular weight excluding hydrogens is 437 g/mol. The highest BCUT2D eigenvalue weighted by Crippen LogP contribution is 2.34. The molecule has 0 fully saturated rings. The summed E-state index contributed by atoms with van der Waals surface area (Å²) in [4.78, 5) is 24.9. The Morgan fingerprint density at radius 1 is 0.906 bits per heavy atom. The molecule has 0 aliphatic carbocycles. The average Bonchev–Trinajstić information content (AvgIpc) is 2.64. The fraction of sp³-hybridized carbons (Fsp3) is 0.364. The van der Waals surface area contributed by atoms with Gasteiger partial charge >= 0.3 is 18.2 Å². The summed E-state index contributed by atoms with van der Waals surface area (Å²) < 4.78 is 76.7. The van der Waals surface area contributed by atoms with E-state index in [9.17, 15) is 31.5 Å². The van der Waals surface area contributed by atoms with Crippen LogP contribution >= 0.6 is 0 Å². The number of carbonyl (C=O) groups excluding carboxylic acids is 2. The molecule has 2 atom stereocenters. The molecule has 0 bridgehead atoms. The van der Waals surface area contributed by atoms with Crippen LogP contribution in [-0.2, 0) is 20.4 Å². The zero-order valence-corrected chi connectivity index (χ0v) is 17.7. The second-order valence-electron chi connectivity index (χ2n) is 7.95. The fourth-order valence-electron chi connectivity index (χ4n) is 3.05. The van der Waals surface area contributed by atoms with Crippen LogP contribution in [-0.4, -0.2) is 30.8 Å². The predicted molar refractivity (Wildman–Crippen MR) is 105 cm³/mol. The first-order valence-electron chi connectivity index (χ1n) is 9.42. The molecule has 5 nitrogen and oxygen atoms in total. The van der Waals surface area contributed by atoms with Gasteiger partial charge < -0.3 is 14.8 Å². The normalized spacial score (nSPS) is 13.8. The Kier molecular flexibility index (Phi) is 7.48. The first-order valence-corrected chi connectivity index (χ1v) is 9.42. The number of halogens is 5. The molecular formula is C22H22F5NO4. The SMILES string of the molecule is COC(=O)[C@@H](NC(=O)OC(C)(C)C)[C@@H](c1ccc(C(F)(F)F)cc1)c1cc(F)cc(F)c1. The summed E-state index contributed by atoms with van der Waals surface area (Å²) in [5, 5.41) is 2.30. The van der Waals surface area contributed by atoms with E-state index in [0.717, 1.165) is 43.5 Å². The Morgan fingerprint density at radius 3 is 1.88 bits per heavy atom. The van der Waals surface area contributed by atoms with Crippen molar-refractivity contribution in [1.82, 2.24) is 5.32 Å². The third kappa shape index (κ3) is 6.66. The minimum absolute atomic E-state index is 0.0782. The Hall–Kier alpha value is -3.17. The summed E-state index contributed by atoms with van der Waals surface area (Å²) in [5.74, 6) is -4.23. The van der Waals surface area contributed by atoms with E-state index in [1.54, 1.807) is 20.8 Å². The maximum absolute atomic E-state index is 13.9. The highest BCUT2D eigenvalue weighted by molar-refractivity contribution is 5.83. The molecule has 0 aliphatic heterocycles. The van der Waals surface area contributed by atoms with E-state index in [4.69, 9.17) is 9.47 Å². The number of ether oxygens (including phenoxy) is 2. The van der Waals surface area contributed by atoms with Gasteiger partial charge in [-0.2, -0.15) is 13.2 Å². The lowest BCUT2D eigenvalue weighted by atomic mass is 9.84. The number of esters is 1. The van der Waals surface area contributed by atoms with Gasteiger partial charge in [0.25, 0.3) is 0 Å². The molecule has 0 aliphatic rings. The third-order valence-electron chi connectivity index (χ3n) is 4.30. The number of benzene rings is 2. The van der Waals surface area contributed by atoms with Crippen LogP contribution in [0, 0.1) is 11.6 Å². The lowest BCUT2D eigenvalue weighted by Gasteiger charge is -2.28. The van der Waals surface area contributed by atoms with Gasteiger partial charge in [0, 0.05) is 12.0 Å². The largest absolute Gasteiger partial charge is 0.467 e. The molecule has 0 saturated heterocycles. The molecule has 32 heavy (non-hydrogen) atoms. The summed E-state index contributed by atoms with van der Waals surface area (Å²) in [6.07, 6.45) is -5.64. The fourth-order valence-corrected chi connectivity index (χ4v) is 3.05. The first-order chi connectivity index (χ1) is 14.7. The number of rotatable bonds is 5. The van der Waals surface area contributed by atoms with E-state index in [-0.39, 0.29) is 11.1 Å². The Balaban J connectivity index is 2.60. The van der Waals surface area contributed by atoms with Crippen molar-refractivity contribution in [3.63, 3.8) is 0 Å². The molecule has 0 saturated carbocycles. The van der Waals surface area contributed by atoms with Crippen molar-refractivity contribution in [2.75, 3.05) is 7.11 Å². The predicted octanol–water partition coefficient (Wildman–Crippen LogP) is 5.18. The van der Waals surface area contributed by atoms with Crippen LogP contribution in [0.15, 0.2) is 42.5 Å². The van der Waals surface area contributed by atoms with Gasteiger partial charge in [-0.3, -0.25) is 0 Å². The van der Waals surface area contributed by atoms with Gasteiger partial charge in [-0.25, -0.2) is 18.4 Å². The maximum Gasteiger partial charge on any atom is 0.416 e. The van der Waals surface area contributed by atoms with E-state index in [1.165, 1.54) is 0 Å². The Bertz CT molecular complexity index is 948. The summed E-state index contributed by atoms with van der Waals surface area (Å²) in [6.45, 7) is 4.74. The van der Waals surface area contributed by atoms with Gasteiger partial charge in [0.15, 0.2) is 0 Å². The Morgan fingerprint density at radius 2 is 1.44 bits per heavy atom. The van der Waals surface area contributed by atoms with Crippen LogP contribution in [0.1, 0.15) is 43.4 Å². The van der Waals surface area contributed by atoms with Gasteiger partial charge in [0.2, 0.25) is 0 Å². The Labute approximate surface area is 181 Å². The topological polar surface area (TPSA) is 64.6 Å². The standard InChI is InChI=1S/C22H22F5NO4/c1-21(2,3)32-20(30)28-18(19(29)31-4)17(13-9-15(23)11-16(24)10-13)12-5-7-14(8-6-12)22(25,26)27/h5-11,17-18H,1-4H3,(H,28,30)/t17-,18-/m0/s1. The van der Waals surface area contributed by atoms with Crippen LogP contribution in [0.5, 0.6) is 0 Å². The van der Waals surface area contributed by atoms with Crippen LogP contribution in [0.2, 0.25) is 0 Å². The van der Waals surface area contributed by atoms with Crippen molar-refractivity contribution >= 4 is 12.1 Å². The molecule has 174 valence electrons. The molecule has 10 heteroatoms. The molecule has 2 aromatic carbocycles. The number of amides is 1. The third-order valence-corrected chi connectivity index (χ3v) is 4.30. The van der Waals surface area contributed by atoms with E-state index in [0.29, 0.717) is 6.07 Å². The number of carbonyl (C=O) groups is 2. The molecule has 0 radical (unpaired) electrons. The van der Waals surface area contributed by atoms with Crippen LogP contribution in [0.3, 0.4) is 0 Å². The van der Waals surface area contributed by atoms with Crippen molar-refractivity contribution in [3.05, 3.63) is 70.8 Å². The number of hydrogen-bond acceptors (Lipinski definition) is 4. The summed E-state index contributed by atoms with van der Waals surface area (Å²) >= 11 is 0. The van der Waals surface area contributed by atoms with Crippen molar-refractivity contribution in [3.8, 4) is 0 Å². The average molecular weight is 459 g/mol. The number of hydrogen-bond donors (Lipinski definition) is 1. The van der Waals surface area contributed by atoms with Gasteiger partial charge in [-0.15, -0.1) is 0 Å². The van der Waals surface area contributed by atoms with Crippen LogP contribution < -0.4 is 5.32 Å². The minimum atomic E-state index is -4.62. The molecule has 2 aromatic rings. The lowest BCUT2D eigenvalue weighted by Crippen LogP contribution is -2.47. The smallest absolute Gasteiger partial charge is 0.416 e. The zero-order chi connectivity index (χ0) is 24.3. The molecule has 1 N–H and O–H groups in total. The van der Waals surface area contributed by atoms with E-state index >= 15 is 0 Å². The molecule has 0 unspecified atom stereocenters. The van der Waals surface area contributed by atoms with Crippen molar-refractivity contribution in [1.29, 1.82) is 0 Å². The molecule has 2 rings (SSSR count). The van der Waals surface area contributed by atoms with Crippen molar-refractivity contribution in [2.45, 2.75) is 44.5 Å². The summed E-state index contributed by atoms with van der Waals surface area (Å²) in [6, 6.07) is 4.51. The molecule has 0 spiro atoms. The highest BCUT2D eigenvalue weighted by Gasteiger charge is 2.36. The number of methoxy groups -OCH3 is 1. The second-order valence-corrected chi connectivity index (χ2v) is 7.95. The van der Waals surface area contributed by atoms with E-state index in [2.05, 4.69) is 5.32 Å². The monoisotopic (exact) mass is 459 g/mol. The van der Waals surface area contributed by atoms with Gasteiger partial charge in [0.1, 0.15) is 23.3 Å². The highest BCUT2D eigenvalue weighted by atomic mass is 19.4.